The molecule has 0 radical (unpaired) electrons. The van der Waals surface area contributed by atoms with E-state index in [2.05, 4.69) is 67.1 Å². The third kappa shape index (κ3) is 3.66. The van der Waals surface area contributed by atoms with Crippen molar-refractivity contribution in [1.82, 2.24) is 10.2 Å². The van der Waals surface area contributed by atoms with Crippen LogP contribution >= 0.6 is 22.7 Å². The van der Waals surface area contributed by atoms with Gasteiger partial charge in [0.2, 0.25) is 0 Å². The summed E-state index contributed by atoms with van der Waals surface area (Å²) in [6.45, 7) is 5.42. The van der Waals surface area contributed by atoms with Crippen LogP contribution in [0, 0.1) is 6.92 Å². The minimum absolute atomic E-state index is 0.419. The van der Waals surface area contributed by atoms with Crippen LogP contribution in [0.3, 0.4) is 0 Å². The van der Waals surface area contributed by atoms with E-state index in [1.165, 1.54) is 15.3 Å². The minimum atomic E-state index is 0.419. The van der Waals surface area contributed by atoms with E-state index < -0.39 is 0 Å². The molecule has 0 aliphatic carbocycles. The van der Waals surface area contributed by atoms with Crippen LogP contribution in [-0.2, 0) is 0 Å². The Bertz CT molecular complexity index is 488. The van der Waals surface area contributed by atoms with Gasteiger partial charge < -0.3 is 10.2 Å². The molecule has 2 aromatic rings. The van der Waals surface area contributed by atoms with Crippen molar-refractivity contribution in [3.05, 3.63) is 44.3 Å². The number of thiophene rings is 2. The molecule has 0 bridgehead atoms. The Kier molecular flexibility index (Phi) is 5.16. The van der Waals surface area contributed by atoms with Crippen molar-refractivity contribution in [2.24, 2.45) is 0 Å². The van der Waals surface area contributed by atoms with Gasteiger partial charge in [-0.25, -0.2) is 0 Å². The van der Waals surface area contributed by atoms with Gasteiger partial charge in [0.05, 0.1) is 6.04 Å². The number of hydrogen-bond acceptors (Lipinski definition) is 4. The maximum Gasteiger partial charge on any atom is 0.0561 e. The molecule has 2 heterocycles. The Morgan fingerprint density at radius 1 is 1.21 bits per heavy atom. The standard InChI is InChI=1S/C15H22N2S2/c1-11-7-9-19-15(11)12(2)16-10-13(17(3)4)14-6-5-8-18-14/h5-9,12-13,16H,10H2,1-4H3. The molecule has 0 amide bonds. The first-order valence-electron chi connectivity index (χ1n) is 6.56. The molecule has 4 heteroatoms. The average Bonchev–Trinajstić information content (AvgIpc) is 3.00. The van der Waals surface area contributed by atoms with Crippen LogP contribution in [0.2, 0.25) is 0 Å². The van der Waals surface area contributed by atoms with Crippen LogP contribution in [0.4, 0.5) is 0 Å². The normalized spacial score (nSPS) is 14.8. The minimum Gasteiger partial charge on any atom is -0.308 e. The Balaban J connectivity index is 1.98. The molecule has 1 N–H and O–H groups in total. The third-order valence-electron chi connectivity index (χ3n) is 3.41. The van der Waals surface area contributed by atoms with Crippen molar-refractivity contribution in [3.63, 3.8) is 0 Å². The van der Waals surface area contributed by atoms with E-state index in [-0.39, 0.29) is 0 Å². The number of nitrogens with one attached hydrogen (secondary N) is 1. The van der Waals surface area contributed by atoms with Crippen molar-refractivity contribution >= 4 is 22.7 Å². The van der Waals surface area contributed by atoms with Gasteiger partial charge in [0, 0.05) is 22.3 Å². The lowest BCUT2D eigenvalue weighted by atomic mass is 10.1. The Labute approximate surface area is 124 Å². The molecule has 2 rings (SSSR count). The lowest BCUT2D eigenvalue weighted by Gasteiger charge is -2.25. The molecule has 0 aliphatic rings. The van der Waals surface area contributed by atoms with Gasteiger partial charge in [-0.1, -0.05) is 6.07 Å². The highest BCUT2D eigenvalue weighted by atomic mass is 32.1. The van der Waals surface area contributed by atoms with Crippen molar-refractivity contribution in [1.29, 1.82) is 0 Å². The van der Waals surface area contributed by atoms with Gasteiger partial charge in [-0.3, -0.25) is 0 Å². The number of aryl methyl sites for hydroxylation is 1. The molecule has 0 spiro atoms. The lowest BCUT2D eigenvalue weighted by molar-refractivity contribution is 0.286. The van der Waals surface area contributed by atoms with E-state index in [1.54, 1.807) is 0 Å². The molecule has 2 aromatic heterocycles. The monoisotopic (exact) mass is 294 g/mol. The molecule has 0 aromatic carbocycles. The molecule has 0 aliphatic heterocycles. The average molecular weight is 294 g/mol. The predicted octanol–water partition coefficient (Wildman–Crippen LogP) is 4.07. The Morgan fingerprint density at radius 3 is 2.53 bits per heavy atom. The van der Waals surface area contributed by atoms with Crippen molar-refractivity contribution < 1.29 is 0 Å². The maximum atomic E-state index is 3.67. The van der Waals surface area contributed by atoms with Gasteiger partial charge in [0.1, 0.15) is 0 Å². The zero-order valence-corrected chi connectivity index (χ0v) is 13.6. The van der Waals surface area contributed by atoms with Gasteiger partial charge >= 0.3 is 0 Å². The predicted molar refractivity (Wildman–Crippen MR) is 86.2 cm³/mol. The fraction of sp³-hybridized carbons (Fsp3) is 0.467. The summed E-state index contributed by atoms with van der Waals surface area (Å²) < 4.78 is 0. The van der Waals surface area contributed by atoms with E-state index in [0.717, 1.165) is 6.54 Å². The quantitative estimate of drug-likeness (QED) is 0.864. The first-order valence-corrected chi connectivity index (χ1v) is 8.32. The zero-order chi connectivity index (χ0) is 13.8. The van der Waals surface area contributed by atoms with Crippen molar-refractivity contribution in [3.8, 4) is 0 Å². The van der Waals surface area contributed by atoms with Crippen LogP contribution in [0.5, 0.6) is 0 Å². The van der Waals surface area contributed by atoms with Crippen LogP contribution < -0.4 is 5.32 Å². The summed E-state index contributed by atoms with van der Waals surface area (Å²) in [6.07, 6.45) is 0. The second kappa shape index (κ2) is 6.66. The van der Waals surface area contributed by atoms with Gasteiger partial charge in [-0.15, -0.1) is 22.7 Å². The van der Waals surface area contributed by atoms with Crippen molar-refractivity contribution in [2.45, 2.75) is 25.9 Å². The first kappa shape index (κ1) is 14.7. The molecule has 104 valence electrons. The first-order chi connectivity index (χ1) is 9.09. The molecule has 2 nitrogen and oxygen atoms in total. The highest BCUT2D eigenvalue weighted by Crippen LogP contribution is 2.26. The second-order valence-corrected chi connectivity index (χ2v) is 7.02. The fourth-order valence-electron chi connectivity index (χ4n) is 2.23. The summed E-state index contributed by atoms with van der Waals surface area (Å²) in [6, 6.07) is 7.41. The smallest absolute Gasteiger partial charge is 0.0561 e. The van der Waals surface area contributed by atoms with Gasteiger partial charge in [-0.05, 0) is 56.4 Å². The number of likely N-dealkylation sites (N-methyl/N-ethyl adjacent to an activating group) is 1. The SMILES string of the molecule is Cc1ccsc1C(C)NCC(c1cccs1)N(C)C. The van der Waals surface area contributed by atoms with E-state index in [4.69, 9.17) is 0 Å². The molecule has 2 unspecified atom stereocenters. The van der Waals surface area contributed by atoms with Crippen LogP contribution in [0.1, 0.15) is 34.3 Å². The molecule has 0 fully saturated rings. The van der Waals surface area contributed by atoms with Crippen LogP contribution in [-0.4, -0.2) is 25.5 Å². The highest BCUT2D eigenvalue weighted by Gasteiger charge is 2.17. The van der Waals surface area contributed by atoms with Gasteiger partial charge in [0.25, 0.3) is 0 Å². The molecule has 0 saturated carbocycles. The second-order valence-electron chi connectivity index (χ2n) is 5.09. The number of rotatable bonds is 6. The Hall–Kier alpha value is -0.680. The summed E-state index contributed by atoms with van der Waals surface area (Å²) in [7, 11) is 4.29. The topological polar surface area (TPSA) is 15.3 Å². The summed E-state index contributed by atoms with van der Waals surface area (Å²) >= 11 is 3.67. The van der Waals surface area contributed by atoms with E-state index in [0.29, 0.717) is 12.1 Å². The summed E-state index contributed by atoms with van der Waals surface area (Å²) in [5, 5.41) is 7.99. The highest BCUT2D eigenvalue weighted by molar-refractivity contribution is 7.10. The third-order valence-corrected chi connectivity index (χ3v) is 5.58. The molecular formula is C15H22N2S2. The number of hydrogen-bond donors (Lipinski definition) is 1. The molecular weight excluding hydrogens is 272 g/mol. The maximum absolute atomic E-state index is 3.67. The van der Waals surface area contributed by atoms with E-state index in [1.807, 2.05) is 22.7 Å². The summed E-state index contributed by atoms with van der Waals surface area (Å²) in [4.78, 5) is 5.16. The summed E-state index contributed by atoms with van der Waals surface area (Å²) in [5.41, 5.74) is 1.39. The van der Waals surface area contributed by atoms with Gasteiger partial charge in [0.15, 0.2) is 0 Å². The molecule has 0 saturated heterocycles. The molecule has 2 atom stereocenters. The Morgan fingerprint density at radius 2 is 2.00 bits per heavy atom. The van der Waals surface area contributed by atoms with E-state index in [9.17, 15) is 0 Å². The number of nitrogens with zero attached hydrogens (tertiary/aromatic N) is 1. The van der Waals surface area contributed by atoms with Crippen LogP contribution in [0.15, 0.2) is 29.0 Å². The largest absolute Gasteiger partial charge is 0.308 e. The van der Waals surface area contributed by atoms with Crippen molar-refractivity contribution in [2.75, 3.05) is 20.6 Å². The lowest BCUT2D eigenvalue weighted by Crippen LogP contribution is -2.31. The summed E-state index contributed by atoms with van der Waals surface area (Å²) in [5.74, 6) is 0. The van der Waals surface area contributed by atoms with Crippen LogP contribution in [0.25, 0.3) is 0 Å². The van der Waals surface area contributed by atoms with E-state index >= 15 is 0 Å². The van der Waals surface area contributed by atoms with Gasteiger partial charge in [-0.2, -0.15) is 0 Å². The zero-order valence-electron chi connectivity index (χ0n) is 12.0. The fourth-order valence-corrected chi connectivity index (χ4v) is 4.11. The molecule has 19 heavy (non-hydrogen) atoms.